The van der Waals surface area contributed by atoms with E-state index in [4.69, 9.17) is 9.47 Å². The Balaban J connectivity index is 1.29. The van der Waals surface area contributed by atoms with Gasteiger partial charge in [-0.1, -0.05) is 84.9 Å². The molecule has 0 bridgehead atoms. The standard InChI is InChI=1S/C26H28N2O4/c29-15-21-23(17-7-3-1-4-8-17)31-25(27-21)19-11-13-20(14-12-19)26-28-22(16-30)24(32-26)18-9-5-2-6-10-18/h1-14,21-30H,15-16H2/t21-,22-,23-,24-,25+,26+/m0/s1. The Morgan fingerprint density at radius 2 is 0.906 bits per heavy atom. The lowest BCUT2D eigenvalue weighted by molar-refractivity contribution is 0.0299. The highest BCUT2D eigenvalue weighted by Crippen LogP contribution is 2.37. The fraction of sp³-hybridized carbons (Fsp3) is 0.308. The van der Waals surface area contributed by atoms with Gasteiger partial charge in [-0.05, 0) is 22.3 Å². The number of rotatable bonds is 6. The van der Waals surface area contributed by atoms with E-state index in [1.807, 2.05) is 84.9 Å². The van der Waals surface area contributed by atoms with Crippen LogP contribution in [0.3, 0.4) is 0 Å². The van der Waals surface area contributed by atoms with Gasteiger partial charge in [-0.25, -0.2) is 0 Å². The van der Waals surface area contributed by atoms with Gasteiger partial charge in [0.25, 0.3) is 0 Å². The summed E-state index contributed by atoms with van der Waals surface area (Å²) in [6, 6.07) is 27.7. The van der Waals surface area contributed by atoms with Gasteiger partial charge < -0.3 is 19.7 Å². The molecule has 5 rings (SSSR count). The number of aliphatic hydroxyl groups is 2. The van der Waals surface area contributed by atoms with Crippen LogP contribution in [0.2, 0.25) is 0 Å². The number of ether oxygens (including phenoxy) is 2. The first kappa shape index (κ1) is 21.3. The summed E-state index contributed by atoms with van der Waals surface area (Å²) in [5.41, 5.74) is 4.07. The minimum atomic E-state index is -0.300. The largest absolute Gasteiger partial charge is 0.395 e. The summed E-state index contributed by atoms with van der Waals surface area (Å²) >= 11 is 0. The van der Waals surface area contributed by atoms with Crippen LogP contribution in [0.15, 0.2) is 84.9 Å². The van der Waals surface area contributed by atoms with E-state index in [1.54, 1.807) is 0 Å². The highest BCUT2D eigenvalue weighted by Gasteiger charge is 2.37. The average molecular weight is 433 g/mol. The van der Waals surface area contributed by atoms with Crippen molar-refractivity contribution >= 4 is 0 Å². The molecule has 2 fully saturated rings. The Bertz CT molecular complexity index is 917. The van der Waals surface area contributed by atoms with Crippen molar-refractivity contribution in [1.82, 2.24) is 10.6 Å². The van der Waals surface area contributed by atoms with Crippen LogP contribution in [0, 0.1) is 0 Å². The van der Waals surface area contributed by atoms with Gasteiger partial charge in [-0.2, -0.15) is 0 Å². The molecule has 0 radical (unpaired) electrons. The van der Waals surface area contributed by atoms with E-state index >= 15 is 0 Å². The van der Waals surface area contributed by atoms with E-state index in [2.05, 4.69) is 10.6 Å². The Morgan fingerprint density at radius 3 is 1.25 bits per heavy atom. The normalized spacial score (nSPS) is 29.9. The van der Waals surface area contributed by atoms with Crippen LogP contribution in [-0.4, -0.2) is 35.5 Å². The molecule has 2 saturated heterocycles. The van der Waals surface area contributed by atoms with Crippen LogP contribution in [-0.2, 0) is 9.47 Å². The SMILES string of the molecule is OC[C@@H]1N[C@@H](c2ccc([C@@H]3N[C@@H](CO)[C@H](c4ccccc4)O3)cc2)O[C@H]1c1ccccc1. The van der Waals surface area contributed by atoms with Gasteiger partial charge in [0, 0.05) is 0 Å². The third kappa shape index (κ3) is 4.21. The van der Waals surface area contributed by atoms with E-state index in [9.17, 15) is 10.2 Å². The second-order valence-electron chi connectivity index (χ2n) is 8.27. The van der Waals surface area contributed by atoms with Gasteiger partial charge in [0.1, 0.15) is 24.7 Å². The van der Waals surface area contributed by atoms with E-state index in [1.165, 1.54) is 0 Å². The fourth-order valence-electron chi connectivity index (χ4n) is 4.52. The van der Waals surface area contributed by atoms with Crippen molar-refractivity contribution in [2.24, 2.45) is 0 Å². The molecule has 0 saturated carbocycles. The number of benzene rings is 3. The summed E-state index contributed by atoms with van der Waals surface area (Å²) < 4.78 is 12.5. The smallest absolute Gasteiger partial charge is 0.135 e. The molecule has 2 aliphatic heterocycles. The van der Waals surface area contributed by atoms with Crippen LogP contribution in [0.1, 0.15) is 46.9 Å². The Labute approximate surface area is 187 Å². The third-order valence-corrected chi connectivity index (χ3v) is 6.22. The summed E-state index contributed by atoms with van der Waals surface area (Å²) in [7, 11) is 0. The maximum absolute atomic E-state index is 9.83. The zero-order valence-corrected chi connectivity index (χ0v) is 17.7. The molecule has 6 atom stereocenters. The predicted molar refractivity (Wildman–Crippen MR) is 120 cm³/mol. The maximum Gasteiger partial charge on any atom is 0.135 e. The molecular weight excluding hydrogens is 404 g/mol. The molecule has 0 aliphatic carbocycles. The number of nitrogens with one attached hydrogen (secondary N) is 2. The van der Waals surface area contributed by atoms with Crippen molar-refractivity contribution in [3.63, 3.8) is 0 Å². The monoisotopic (exact) mass is 432 g/mol. The average Bonchev–Trinajstić information content (AvgIpc) is 3.50. The number of hydrogen-bond acceptors (Lipinski definition) is 6. The lowest BCUT2D eigenvalue weighted by Crippen LogP contribution is -2.31. The highest BCUT2D eigenvalue weighted by atomic mass is 16.5. The lowest BCUT2D eigenvalue weighted by Gasteiger charge is -2.16. The van der Waals surface area contributed by atoms with E-state index in [0.717, 1.165) is 22.3 Å². The molecule has 3 aromatic rings. The minimum Gasteiger partial charge on any atom is -0.395 e. The van der Waals surface area contributed by atoms with Crippen molar-refractivity contribution in [2.45, 2.75) is 36.7 Å². The molecule has 2 aliphatic rings. The van der Waals surface area contributed by atoms with Gasteiger partial charge in [0.15, 0.2) is 0 Å². The van der Waals surface area contributed by atoms with Crippen molar-refractivity contribution in [2.75, 3.05) is 13.2 Å². The molecule has 0 spiro atoms. The summed E-state index contributed by atoms with van der Waals surface area (Å²) in [6.07, 6.45) is -1.01. The summed E-state index contributed by atoms with van der Waals surface area (Å²) in [5.74, 6) is 0. The van der Waals surface area contributed by atoms with Gasteiger partial charge in [-0.15, -0.1) is 0 Å². The van der Waals surface area contributed by atoms with Crippen LogP contribution >= 0.6 is 0 Å². The maximum atomic E-state index is 9.83. The fourth-order valence-corrected chi connectivity index (χ4v) is 4.52. The van der Waals surface area contributed by atoms with Crippen molar-refractivity contribution in [1.29, 1.82) is 0 Å². The lowest BCUT2D eigenvalue weighted by atomic mass is 10.0. The van der Waals surface area contributed by atoms with Crippen LogP contribution in [0.5, 0.6) is 0 Å². The molecule has 0 unspecified atom stereocenters. The van der Waals surface area contributed by atoms with Gasteiger partial charge in [0.05, 0.1) is 25.3 Å². The Hall–Kier alpha value is -2.58. The van der Waals surface area contributed by atoms with Gasteiger partial charge >= 0.3 is 0 Å². The van der Waals surface area contributed by atoms with Crippen molar-refractivity contribution in [3.05, 3.63) is 107 Å². The summed E-state index contributed by atoms with van der Waals surface area (Å²) in [6.45, 7) is -0.00516. The third-order valence-electron chi connectivity index (χ3n) is 6.22. The van der Waals surface area contributed by atoms with E-state index in [0.29, 0.717) is 0 Å². The molecule has 0 amide bonds. The molecule has 6 heteroatoms. The zero-order valence-electron chi connectivity index (χ0n) is 17.7. The molecule has 2 heterocycles. The Kier molecular flexibility index (Phi) is 6.32. The first-order valence-electron chi connectivity index (χ1n) is 11.0. The number of hydrogen-bond donors (Lipinski definition) is 4. The van der Waals surface area contributed by atoms with E-state index < -0.39 is 0 Å². The molecule has 32 heavy (non-hydrogen) atoms. The van der Waals surface area contributed by atoms with Gasteiger partial charge in [-0.3, -0.25) is 10.6 Å². The number of aliphatic hydroxyl groups excluding tert-OH is 2. The second-order valence-corrected chi connectivity index (χ2v) is 8.27. The topological polar surface area (TPSA) is 83.0 Å². The van der Waals surface area contributed by atoms with Crippen molar-refractivity contribution < 1.29 is 19.7 Å². The quantitative estimate of drug-likeness (QED) is 0.479. The first-order chi connectivity index (χ1) is 15.8. The Morgan fingerprint density at radius 1 is 0.531 bits per heavy atom. The zero-order chi connectivity index (χ0) is 21.9. The molecule has 6 nitrogen and oxygen atoms in total. The molecule has 3 aromatic carbocycles. The summed E-state index contributed by atoms with van der Waals surface area (Å²) in [4.78, 5) is 0. The highest BCUT2D eigenvalue weighted by molar-refractivity contribution is 5.29. The van der Waals surface area contributed by atoms with Crippen LogP contribution in [0.25, 0.3) is 0 Å². The molecule has 0 aromatic heterocycles. The van der Waals surface area contributed by atoms with E-state index in [-0.39, 0.29) is 50.0 Å². The van der Waals surface area contributed by atoms with Crippen LogP contribution in [0.4, 0.5) is 0 Å². The molecule has 4 N–H and O–H groups in total. The van der Waals surface area contributed by atoms with Crippen LogP contribution < -0.4 is 10.6 Å². The second kappa shape index (κ2) is 9.50. The van der Waals surface area contributed by atoms with Gasteiger partial charge in [0.2, 0.25) is 0 Å². The minimum absolute atomic E-state index is 0.00258. The molecular formula is C26H28N2O4. The van der Waals surface area contributed by atoms with Crippen molar-refractivity contribution in [3.8, 4) is 0 Å². The molecule has 166 valence electrons. The summed E-state index contributed by atoms with van der Waals surface area (Å²) in [5, 5.41) is 26.4. The first-order valence-corrected chi connectivity index (χ1v) is 11.0. The predicted octanol–water partition coefficient (Wildman–Crippen LogP) is 3.13.